The summed E-state index contributed by atoms with van der Waals surface area (Å²) >= 11 is 0. The average molecular weight is 362 g/mol. The fraction of sp³-hybridized carbons (Fsp3) is 0.0500. The smallest absolute Gasteiger partial charge is 0.280 e. The summed E-state index contributed by atoms with van der Waals surface area (Å²) in [6.45, 7) is 0. The second-order valence-corrected chi connectivity index (χ2v) is 6.14. The zero-order chi connectivity index (χ0) is 19.1. The molecule has 2 N–H and O–H groups in total. The number of aryl methyl sites for hydroxylation is 1. The second kappa shape index (κ2) is 6.21. The van der Waals surface area contributed by atoms with Gasteiger partial charge in [-0.25, -0.2) is 9.07 Å². The number of fused-ring (bicyclic) bond motifs is 1. The van der Waals surface area contributed by atoms with Crippen LogP contribution in [0.25, 0.3) is 27.7 Å². The van der Waals surface area contributed by atoms with Crippen molar-refractivity contribution in [1.82, 2.24) is 14.3 Å². The minimum atomic E-state index is -0.846. The number of rotatable bonds is 3. The molecule has 4 rings (SSSR count). The molecule has 0 fully saturated rings. The summed E-state index contributed by atoms with van der Waals surface area (Å²) in [5.41, 5.74) is 7.55. The molecule has 0 saturated heterocycles. The third-order valence-corrected chi connectivity index (χ3v) is 4.51. The van der Waals surface area contributed by atoms with Crippen LogP contribution in [0.3, 0.4) is 0 Å². The highest BCUT2D eigenvalue weighted by Gasteiger charge is 2.19. The summed E-state index contributed by atoms with van der Waals surface area (Å²) in [7, 11) is 1.63. The fourth-order valence-corrected chi connectivity index (χ4v) is 3.24. The molecule has 4 aromatic rings. The number of carbonyl (C=O) groups excluding carboxylic acids is 1. The van der Waals surface area contributed by atoms with Crippen LogP contribution in [0.5, 0.6) is 0 Å². The van der Waals surface area contributed by atoms with Crippen LogP contribution < -0.4 is 11.3 Å². The number of nitrogens with two attached hydrogens (primary N) is 1. The van der Waals surface area contributed by atoms with Gasteiger partial charge in [0.1, 0.15) is 5.82 Å². The highest BCUT2D eigenvalue weighted by Crippen LogP contribution is 2.22. The first-order chi connectivity index (χ1) is 13.0. The quantitative estimate of drug-likeness (QED) is 0.608. The number of benzene rings is 2. The van der Waals surface area contributed by atoms with Crippen LogP contribution in [0.1, 0.15) is 10.4 Å². The summed E-state index contributed by atoms with van der Waals surface area (Å²) in [6.07, 6.45) is 3.45. The number of carbonyl (C=O) groups is 1. The van der Waals surface area contributed by atoms with E-state index in [9.17, 15) is 14.0 Å². The lowest BCUT2D eigenvalue weighted by molar-refractivity contribution is 0.100. The van der Waals surface area contributed by atoms with E-state index in [1.807, 2.05) is 24.3 Å². The van der Waals surface area contributed by atoms with E-state index in [2.05, 4.69) is 4.98 Å². The van der Waals surface area contributed by atoms with Crippen LogP contribution in [0.4, 0.5) is 4.39 Å². The number of amides is 1. The van der Waals surface area contributed by atoms with Crippen molar-refractivity contribution in [1.29, 1.82) is 0 Å². The monoisotopic (exact) mass is 362 g/mol. The number of hydrogen-bond donors (Lipinski definition) is 1. The Kier molecular flexibility index (Phi) is 3.84. The average Bonchev–Trinajstić information content (AvgIpc) is 2.92. The molecule has 2 aromatic heterocycles. The Bertz CT molecular complexity index is 1230. The van der Waals surface area contributed by atoms with Crippen molar-refractivity contribution in [3.8, 4) is 16.8 Å². The normalized spacial score (nSPS) is 11.0. The van der Waals surface area contributed by atoms with Crippen molar-refractivity contribution in [2.75, 3.05) is 0 Å². The van der Waals surface area contributed by atoms with Gasteiger partial charge < -0.3 is 5.73 Å². The van der Waals surface area contributed by atoms with Crippen molar-refractivity contribution in [3.05, 3.63) is 82.7 Å². The van der Waals surface area contributed by atoms with Gasteiger partial charge in [0.25, 0.3) is 5.56 Å². The van der Waals surface area contributed by atoms with Gasteiger partial charge in [-0.05, 0) is 41.5 Å². The Morgan fingerprint density at radius 2 is 1.85 bits per heavy atom. The molecule has 27 heavy (non-hydrogen) atoms. The molecule has 0 radical (unpaired) electrons. The third-order valence-electron chi connectivity index (χ3n) is 4.51. The fourth-order valence-electron chi connectivity index (χ4n) is 3.24. The van der Waals surface area contributed by atoms with Gasteiger partial charge in [0.15, 0.2) is 0 Å². The Labute approximate surface area is 153 Å². The van der Waals surface area contributed by atoms with Crippen molar-refractivity contribution < 1.29 is 9.18 Å². The van der Waals surface area contributed by atoms with Gasteiger partial charge in [0.2, 0.25) is 5.91 Å². The molecule has 0 spiro atoms. The number of nitrogens with zero attached hydrogens (tertiary/aromatic N) is 3. The number of aromatic nitrogens is 3. The molecule has 2 aromatic carbocycles. The van der Waals surface area contributed by atoms with E-state index in [4.69, 9.17) is 5.73 Å². The molecule has 0 aliphatic rings. The molecule has 7 heteroatoms. The predicted octanol–water partition coefficient (Wildman–Crippen LogP) is 2.63. The van der Waals surface area contributed by atoms with Gasteiger partial charge in [-0.3, -0.25) is 19.3 Å². The van der Waals surface area contributed by atoms with E-state index in [1.54, 1.807) is 31.6 Å². The Morgan fingerprint density at radius 1 is 1.11 bits per heavy atom. The van der Waals surface area contributed by atoms with Crippen LogP contribution in [-0.4, -0.2) is 20.3 Å². The highest BCUT2D eigenvalue weighted by atomic mass is 19.1. The molecule has 0 saturated carbocycles. The largest absolute Gasteiger partial charge is 0.366 e. The molecule has 6 nitrogen and oxygen atoms in total. The molecule has 0 aliphatic carbocycles. The first kappa shape index (κ1) is 16.7. The lowest BCUT2D eigenvalue weighted by Gasteiger charge is -2.09. The highest BCUT2D eigenvalue weighted by molar-refractivity contribution is 6.05. The second-order valence-electron chi connectivity index (χ2n) is 6.14. The molecule has 0 aliphatic heterocycles. The summed E-state index contributed by atoms with van der Waals surface area (Å²) in [6, 6.07) is 13.3. The molecular weight excluding hydrogens is 347 g/mol. The first-order valence-electron chi connectivity index (χ1n) is 8.19. The predicted molar refractivity (Wildman–Crippen MR) is 100 cm³/mol. The van der Waals surface area contributed by atoms with Crippen molar-refractivity contribution in [3.63, 3.8) is 0 Å². The van der Waals surface area contributed by atoms with Crippen LogP contribution in [-0.2, 0) is 7.05 Å². The first-order valence-corrected chi connectivity index (χ1v) is 8.19. The number of halogens is 1. The minimum absolute atomic E-state index is 0.0998. The molecule has 1 amide bonds. The summed E-state index contributed by atoms with van der Waals surface area (Å²) in [4.78, 5) is 28.7. The molecular formula is C20H15FN4O2. The summed E-state index contributed by atoms with van der Waals surface area (Å²) in [5, 5.41) is 0.0998. The summed E-state index contributed by atoms with van der Waals surface area (Å²) < 4.78 is 16.8. The van der Waals surface area contributed by atoms with Crippen LogP contribution in [0.2, 0.25) is 0 Å². The maximum absolute atomic E-state index is 13.9. The Morgan fingerprint density at radius 3 is 2.48 bits per heavy atom. The van der Waals surface area contributed by atoms with Gasteiger partial charge in [0.05, 0.1) is 22.2 Å². The summed E-state index contributed by atoms with van der Waals surface area (Å²) in [5.74, 6) is -1.47. The molecule has 0 unspecified atom stereocenters. The molecule has 0 bridgehead atoms. The van der Waals surface area contributed by atoms with Gasteiger partial charge in [-0.15, -0.1) is 0 Å². The number of pyridine rings is 1. The molecule has 2 heterocycles. The van der Waals surface area contributed by atoms with Gasteiger partial charge in [0, 0.05) is 19.4 Å². The zero-order valence-corrected chi connectivity index (χ0v) is 14.4. The van der Waals surface area contributed by atoms with E-state index < -0.39 is 17.3 Å². The van der Waals surface area contributed by atoms with E-state index in [0.29, 0.717) is 11.2 Å². The zero-order valence-electron chi connectivity index (χ0n) is 14.4. The van der Waals surface area contributed by atoms with E-state index in [0.717, 1.165) is 17.2 Å². The van der Waals surface area contributed by atoms with Crippen molar-refractivity contribution in [2.45, 2.75) is 0 Å². The van der Waals surface area contributed by atoms with Crippen molar-refractivity contribution >= 4 is 16.8 Å². The van der Waals surface area contributed by atoms with E-state index in [1.165, 1.54) is 15.4 Å². The topological polar surface area (TPSA) is 82.9 Å². The van der Waals surface area contributed by atoms with Gasteiger partial charge in [-0.2, -0.15) is 0 Å². The maximum Gasteiger partial charge on any atom is 0.280 e. The molecule has 0 atom stereocenters. The number of hydrogen-bond acceptors (Lipinski definition) is 3. The van der Waals surface area contributed by atoms with Crippen molar-refractivity contribution in [2.24, 2.45) is 12.8 Å². The van der Waals surface area contributed by atoms with Crippen LogP contribution >= 0.6 is 0 Å². The Balaban J connectivity index is 1.91. The molecule has 134 valence electrons. The van der Waals surface area contributed by atoms with Crippen LogP contribution in [0.15, 0.2) is 65.7 Å². The van der Waals surface area contributed by atoms with E-state index in [-0.39, 0.29) is 10.9 Å². The Hall–Kier alpha value is -3.74. The maximum atomic E-state index is 13.9. The van der Waals surface area contributed by atoms with Gasteiger partial charge >= 0.3 is 0 Å². The van der Waals surface area contributed by atoms with Gasteiger partial charge in [-0.1, -0.05) is 18.2 Å². The SMILES string of the molecule is Cn1c2cc(F)cc(C(N)=O)c2c(=O)n1-c1ccc(-c2cccnc2)cc1. The van der Waals surface area contributed by atoms with E-state index >= 15 is 0 Å². The lowest BCUT2D eigenvalue weighted by Crippen LogP contribution is -2.20. The third kappa shape index (κ3) is 2.69. The van der Waals surface area contributed by atoms with Crippen LogP contribution in [0, 0.1) is 5.82 Å². The minimum Gasteiger partial charge on any atom is -0.366 e. The lowest BCUT2D eigenvalue weighted by atomic mass is 10.1. The number of primary amides is 1. The standard InChI is InChI=1S/C20H15FN4O2/c1-24-17-10-14(21)9-16(19(22)26)18(17)20(27)25(24)15-6-4-12(5-7-15)13-3-2-8-23-11-13/h2-11H,1H3,(H2,22,26).